The lowest BCUT2D eigenvalue weighted by Crippen LogP contribution is -2.24. The molecule has 3 rings (SSSR count). The molecule has 37 heavy (non-hydrogen) atoms. The van der Waals surface area contributed by atoms with Gasteiger partial charge in [0.2, 0.25) is 5.75 Å². The van der Waals surface area contributed by atoms with E-state index in [9.17, 15) is 9.59 Å². The summed E-state index contributed by atoms with van der Waals surface area (Å²) in [7, 11) is 5.81. The van der Waals surface area contributed by atoms with Crippen molar-refractivity contribution >= 4 is 34.0 Å². The number of carbonyl (C=O) groups is 2. The van der Waals surface area contributed by atoms with Gasteiger partial charge in [-0.1, -0.05) is 15.9 Å². The first kappa shape index (κ1) is 27.3. The van der Waals surface area contributed by atoms with Crippen molar-refractivity contribution in [3.63, 3.8) is 0 Å². The van der Waals surface area contributed by atoms with Crippen molar-refractivity contribution < 1.29 is 38.0 Å². The predicted molar refractivity (Wildman–Crippen MR) is 139 cm³/mol. The molecule has 0 atom stereocenters. The summed E-state index contributed by atoms with van der Waals surface area (Å²) in [4.78, 5) is 24.8. The summed E-state index contributed by atoms with van der Waals surface area (Å²) in [5, 5.41) is 3.92. The molecule has 0 spiro atoms. The number of esters is 1. The zero-order valence-corrected chi connectivity index (χ0v) is 22.2. The van der Waals surface area contributed by atoms with Gasteiger partial charge in [-0.3, -0.25) is 4.79 Å². The molecule has 0 heterocycles. The summed E-state index contributed by atoms with van der Waals surface area (Å²) in [5.74, 6) is 0.936. The van der Waals surface area contributed by atoms with Crippen LogP contribution in [-0.2, 0) is 4.79 Å². The number of nitrogens with zero attached hydrogens (tertiary/aromatic N) is 1. The normalized spacial score (nSPS) is 10.5. The largest absolute Gasteiger partial charge is 0.493 e. The maximum Gasteiger partial charge on any atom is 0.343 e. The molecule has 0 aromatic heterocycles. The van der Waals surface area contributed by atoms with Crippen LogP contribution in [0, 0.1) is 0 Å². The van der Waals surface area contributed by atoms with E-state index in [-0.39, 0.29) is 23.7 Å². The van der Waals surface area contributed by atoms with Crippen LogP contribution in [0.15, 0.2) is 64.2 Å². The fourth-order valence-electron chi connectivity index (χ4n) is 3.10. The fourth-order valence-corrected chi connectivity index (χ4v) is 3.36. The molecule has 0 saturated carbocycles. The number of methoxy groups -OCH3 is 4. The van der Waals surface area contributed by atoms with Gasteiger partial charge in [0.15, 0.2) is 29.6 Å². The van der Waals surface area contributed by atoms with Crippen LogP contribution in [0.3, 0.4) is 0 Å². The highest BCUT2D eigenvalue weighted by Crippen LogP contribution is 2.38. The van der Waals surface area contributed by atoms with Gasteiger partial charge in [0, 0.05) is 4.47 Å². The Bertz CT molecular complexity index is 1250. The van der Waals surface area contributed by atoms with E-state index in [0.717, 1.165) is 4.47 Å². The van der Waals surface area contributed by atoms with Crippen molar-refractivity contribution in [1.82, 2.24) is 5.43 Å². The van der Waals surface area contributed by atoms with E-state index in [0.29, 0.717) is 28.6 Å². The first-order valence-corrected chi connectivity index (χ1v) is 11.6. The second-order valence-corrected chi connectivity index (χ2v) is 8.17. The van der Waals surface area contributed by atoms with Gasteiger partial charge in [-0.15, -0.1) is 0 Å². The quantitative estimate of drug-likeness (QED) is 0.157. The second kappa shape index (κ2) is 13.2. The van der Waals surface area contributed by atoms with E-state index in [1.165, 1.54) is 46.8 Å². The molecule has 11 heteroatoms. The molecule has 194 valence electrons. The molecule has 0 aliphatic rings. The molecule has 1 amide bonds. The van der Waals surface area contributed by atoms with E-state index in [1.54, 1.807) is 30.3 Å². The molecule has 0 bridgehead atoms. The molecule has 3 aromatic rings. The predicted octanol–water partition coefficient (Wildman–Crippen LogP) is 4.23. The Labute approximate surface area is 222 Å². The third-order valence-corrected chi connectivity index (χ3v) is 5.41. The lowest BCUT2D eigenvalue weighted by molar-refractivity contribution is -0.123. The van der Waals surface area contributed by atoms with Crippen molar-refractivity contribution in [2.24, 2.45) is 5.10 Å². The molecular formula is C26H25BrN2O8. The fraction of sp³-hybridized carbons (Fsp3) is 0.192. The van der Waals surface area contributed by atoms with Crippen LogP contribution >= 0.6 is 15.9 Å². The topological polar surface area (TPSA) is 114 Å². The molecule has 3 aromatic carbocycles. The summed E-state index contributed by atoms with van der Waals surface area (Å²) in [5.41, 5.74) is 3.17. The highest BCUT2D eigenvalue weighted by atomic mass is 79.9. The van der Waals surface area contributed by atoms with Crippen LogP contribution in [-0.4, -0.2) is 53.1 Å². The van der Waals surface area contributed by atoms with E-state index >= 15 is 0 Å². The van der Waals surface area contributed by atoms with Crippen LogP contribution in [0.25, 0.3) is 0 Å². The zero-order chi connectivity index (χ0) is 26.8. The van der Waals surface area contributed by atoms with Crippen molar-refractivity contribution in [3.8, 4) is 34.5 Å². The Morgan fingerprint density at radius 2 is 1.49 bits per heavy atom. The van der Waals surface area contributed by atoms with Gasteiger partial charge in [-0.2, -0.15) is 5.10 Å². The Morgan fingerprint density at radius 1 is 0.838 bits per heavy atom. The average molecular weight is 573 g/mol. The monoisotopic (exact) mass is 572 g/mol. The number of benzene rings is 3. The number of ether oxygens (including phenoxy) is 6. The maximum absolute atomic E-state index is 12.8. The van der Waals surface area contributed by atoms with Crippen molar-refractivity contribution in [3.05, 3.63) is 70.2 Å². The third kappa shape index (κ3) is 7.37. The zero-order valence-electron chi connectivity index (χ0n) is 20.6. The number of halogens is 1. The summed E-state index contributed by atoms with van der Waals surface area (Å²) < 4.78 is 33.0. The molecule has 0 fully saturated rings. The van der Waals surface area contributed by atoms with Gasteiger partial charge in [0.1, 0.15) is 5.75 Å². The van der Waals surface area contributed by atoms with Crippen molar-refractivity contribution in [2.75, 3.05) is 35.0 Å². The number of rotatable bonds is 11. The Hall–Kier alpha value is -4.25. The smallest absolute Gasteiger partial charge is 0.343 e. The molecule has 0 aliphatic carbocycles. The minimum absolute atomic E-state index is 0.185. The average Bonchev–Trinajstić information content (AvgIpc) is 2.92. The summed E-state index contributed by atoms with van der Waals surface area (Å²) in [6.45, 7) is -0.196. The van der Waals surface area contributed by atoms with Gasteiger partial charge in [0.25, 0.3) is 5.91 Å². The summed E-state index contributed by atoms with van der Waals surface area (Å²) in [6.07, 6.45) is 1.42. The third-order valence-electron chi connectivity index (χ3n) is 4.88. The number of carbonyl (C=O) groups excluding carboxylic acids is 2. The SMILES string of the molecule is COc1cc(/C=N/NC(=O)COc2ccc(Br)cc2)ccc1OC(=O)c1cc(OC)c(OC)c(OC)c1. The Balaban J connectivity index is 1.64. The van der Waals surface area contributed by atoms with Crippen LogP contribution in [0.5, 0.6) is 34.5 Å². The van der Waals surface area contributed by atoms with Crippen molar-refractivity contribution in [1.29, 1.82) is 0 Å². The van der Waals surface area contributed by atoms with Crippen LogP contribution in [0.4, 0.5) is 0 Å². The van der Waals surface area contributed by atoms with Crippen LogP contribution in [0.1, 0.15) is 15.9 Å². The standard InChI is InChI=1S/C26H25BrN2O8/c1-32-21-11-16(14-28-29-24(30)15-36-19-8-6-18(27)7-9-19)5-10-20(21)37-26(31)17-12-22(33-2)25(35-4)23(13-17)34-3/h5-14H,15H2,1-4H3,(H,29,30)/b28-14+. The molecule has 10 nitrogen and oxygen atoms in total. The maximum atomic E-state index is 12.8. The second-order valence-electron chi connectivity index (χ2n) is 7.25. The lowest BCUT2D eigenvalue weighted by Gasteiger charge is -2.14. The van der Waals surface area contributed by atoms with Gasteiger partial charge < -0.3 is 28.4 Å². The van der Waals surface area contributed by atoms with Crippen LogP contribution in [0.2, 0.25) is 0 Å². The van der Waals surface area contributed by atoms with Crippen molar-refractivity contribution in [2.45, 2.75) is 0 Å². The summed E-state index contributed by atoms with van der Waals surface area (Å²) >= 11 is 3.33. The molecule has 1 N–H and O–H groups in total. The number of hydrogen-bond acceptors (Lipinski definition) is 9. The minimum Gasteiger partial charge on any atom is -0.493 e. The van der Waals surface area contributed by atoms with E-state index in [4.69, 9.17) is 28.4 Å². The number of hydrogen-bond donors (Lipinski definition) is 1. The lowest BCUT2D eigenvalue weighted by atomic mass is 10.1. The molecule has 0 aliphatic heterocycles. The Morgan fingerprint density at radius 3 is 2.08 bits per heavy atom. The van der Waals surface area contributed by atoms with E-state index in [1.807, 2.05) is 12.1 Å². The minimum atomic E-state index is -0.656. The van der Waals surface area contributed by atoms with Gasteiger partial charge in [-0.05, 0) is 60.2 Å². The highest BCUT2D eigenvalue weighted by Gasteiger charge is 2.19. The molecular weight excluding hydrogens is 548 g/mol. The van der Waals surface area contributed by atoms with E-state index < -0.39 is 11.9 Å². The van der Waals surface area contributed by atoms with E-state index in [2.05, 4.69) is 26.5 Å². The summed E-state index contributed by atoms with van der Waals surface area (Å²) in [6, 6.07) is 14.9. The first-order chi connectivity index (χ1) is 17.9. The van der Waals surface area contributed by atoms with Gasteiger partial charge in [0.05, 0.1) is 40.2 Å². The first-order valence-electron chi connectivity index (χ1n) is 10.8. The number of hydrazone groups is 1. The van der Waals surface area contributed by atoms with Gasteiger partial charge >= 0.3 is 5.97 Å². The number of nitrogens with one attached hydrogen (secondary N) is 1. The highest BCUT2D eigenvalue weighted by molar-refractivity contribution is 9.10. The van der Waals surface area contributed by atoms with Gasteiger partial charge in [-0.25, -0.2) is 10.2 Å². The molecule has 0 radical (unpaired) electrons. The molecule has 0 unspecified atom stereocenters. The number of amides is 1. The molecule has 0 saturated heterocycles. The van der Waals surface area contributed by atoms with Crippen LogP contribution < -0.4 is 33.8 Å². The Kier molecular flexibility index (Phi) is 9.73.